The van der Waals surface area contributed by atoms with Crippen LogP contribution in [0.4, 0.5) is 4.79 Å². The number of hydrogen-bond acceptors (Lipinski definition) is 5. The molecular formula is C9H13N3O4S. The van der Waals surface area contributed by atoms with E-state index < -0.39 is 18.1 Å². The Balaban J connectivity index is 2.32. The fraction of sp³-hybridized carbons (Fsp3) is 0.444. The Morgan fingerprint density at radius 2 is 2.29 bits per heavy atom. The standard InChI is InChI=1S/C9H13N3O4S/c1-5(7-10-2-3-17-7)12-9(16)11-4-6(13)8(14)15/h2-3,5-6,13H,4H2,1H3,(H,14,15)(H2,11,12,16). The maximum atomic E-state index is 11.3. The minimum atomic E-state index is -1.60. The van der Waals surface area contributed by atoms with E-state index in [-0.39, 0.29) is 12.6 Å². The molecule has 0 bridgehead atoms. The Morgan fingerprint density at radius 3 is 2.82 bits per heavy atom. The molecule has 0 saturated carbocycles. The Kier molecular flexibility index (Phi) is 4.85. The van der Waals surface area contributed by atoms with Gasteiger partial charge in [0.15, 0.2) is 6.10 Å². The first-order chi connectivity index (χ1) is 8.00. The molecule has 2 unspecified atom stereocenters. The first-order valence-corrected chi connectivity index (χ1v) is 5.73. The van der Waals surface area contributed by atoms with Crippen molar-refractivity contribution in [3.8, 4) is 0 Å². The van der Waals surface area contributed by atoms with Crippen LogP contribution in [0.15, 0.2) is 11.6 Å². The van der Waals surface area contributed by atoms with Crippen molar-refractivity contribution in [1.82, 2.24) is 15.6 Å². The monoisotopic (exact) mass is 259 g/mol. The molecule has 4 N–H and O–H groups in total. The predicted octanol–water partition coefficient (Wildman–Crippen LogP) is -0.0512. The van der Waals surface area contributed by atoms with Crippen LogP contribution in [-0.4, -0.2) is 39.8 Å². The van der Waals surface area contributed by atoms with Gasteiger partial charge in [-0.2, -0.15) is 0 Å². The second kappa shape index (κ2) is 6.16. The molecule has 94 valence electrons. The molecule has 0 aliphatic heterocycles. The summed E-state index contributed by atoms with van der Waals surface area (Å²) in [6, 6.07) is -0.815. The van der Waals surface area contributed by atoms with Crippen molar-refractivity contribution in [3.63, 3.8) is 0 Å². The van der Waals surface area contributed by atoms with E-state index in [1.54, 1.807) is 18.5 Å². The molecule has 0 aliphatic carbocycles. The number of carbonyl (C=O) groups is 2. The number of nitrogens with zero attached hydrogens (tertiary/aromatic N) is 1. The van der Waals surface area contributed by atoms with Gasteiger partial charge in [-0.1, -0.05) is 0 Å². The van der Waals surface area contributed by atoms with Crippen LogP contribution in [-0.2, 0) is 4.79 Å². The highest BCUT2D eigenvalue weighted by Gasteiger charge is 2.15. The third-order valence-electron chi connectivity index (χ3n) is 1.91. The lowest BCUT2D eigenvalue weighted by Gasteiger charge is -2.13. The molecule has 1 rings (SSSR count). The molecule has 1 heterocycles. The number of aliphatic hydroxyl groups is 1. The van der Waals surface area contributed by atoms with E-state index in [1.807, 2.05) is 0 Å². The fourth-order valence-electron chi connectivity index (χ4n) is 1.03. The lowest BCUT2D eigenvalue weighted by Crippen LogP contribution is -2.42. The lowest BCUT2D eigenvalue weighted by molar-refractivity contribution is -0.146. The average molecular weight is 259 g/mol. The number of carboxylic acid groups (broad SMARTS) is 1. The minimum absolute atomic E-state index is 0.267. The van der Waals surface area contributed by atoms with Crippen LogP contribution in [0.5, 0.6) is 0 Å². The molecular weight excluding hydrogens is 246 g/mol. The summed E-state index contributed by atoms with van der Waals surface area (Å²) in [5.41, 5.74) is 0. The summed E-state index contributed by atoms with van der Waals surface area (Å²) in [5, 5.41) is 24.7. The summed E-state index contributed by atoms with van der Waals surface area (Å²) < 4.78 is 0. The quantitative estimate of drug-likeness (QED) is 0.592. The maximum absolute atomic E-state index is 11.3. The van der Waals surface area contributed by atoms with Crippen molar-refractivity contribution in [2.75, 3.05) is 6.54 Å². The van der Waals surface area contributed by atoms with E-state index in [1.165, 1.54) is 11.3 Å². The number of aliphatic carboxylic acids is 1. The largest absolute Gasteiger partial charge is 0.479 e. The summed E-state index contributed by atoms with van der Waals surface area (Å²) in [4.78, 5) is 25.6. The molecule has 17 heavy (non-hydrogen) atoms. The van der Waals surface area contributed by atoms with Gasteiger partial charge in [0.25, 0.3) is 0 Å². The van der Waals surface area contributed by atoms with E-state index in [2.05, 4.69) is 15.6 Å². The molecule has 0 saturated heterocycles. The molecule has 0 aliphatic rings. The first kappa shape index (κ1) is 13.4. The molecule has 1 aromatic heterocycles. The Morgan fingerprint density at radius 1 is 1.59 bits per heavy atom. The number of aliphatic hydroxyl groups excluding tert-OH is 1. The van der Waals surface area contributed by atoms with Crippen LogP contribution in [0, 0.1) is 0 Å². The number of nitrogens with one attached hydrogen (secondary N) is 2. The van der Waals surface area contributed by atoms with E-state index in [4.69, 9.17) is 10.2 Å². The van der Waals surface area contributed by atoms with Gasteiger partial charge in [0.2, 0.25) is 0 Å². The van der Waals surface area contributed by atoms with Crippen LogP contribution in [0.25, 0.3) is 0 Å². The van der Waals surface area contributed by atoms with E-state index in [9.17, 15) is 9.59 Å². The minimum Gasteiger partial charge on any atom is -0.479 e. The maximum Gasteiger partial charge on any atom is 0.334 e. The molecule has 0 spiro atoms. The summed E-state index contributed by atoms with van der Waals surface area (Å²) >= 11 is 1.41. The van der Waals surface area contributed by atoms with Gasteiger partial charge in [-0.25, -0.2) is 14.6 Å². The molecule has 7 nitrogen and oxygen atoms in total. The summed E-state index contributed by atoms with van der Waals surface area (Å²) in [7, 11) is 0. The molecule has 0 aromatic carbocycles. The van der Waals surface area contributed by atoms with E-state index in [0.717, 1.165) is 5.01 Å². The van der Waals surface area contributed by atoms with Crippen molar-refractivity contribution in [3.05, 3.63) is 16.6 Å². The second-order valence-corrected chi connectivity index (χ2v) is 4.23. The Labute approximate surface area is 101 Å². The first-order valence-electron chi connectivity index (χ1n) is 4.85. The number of amides is 2. The predicted molar refractivity (Wildman–Crippen MR) is 60.7 cm³/mol. The van der Waals surface area contributed by atoms with Gasteiger partial charge >= 0.3 is 12.0 Å². The van der Waals surface area contributed by atoms with Crippen LogP contribution in [0.2, 0.25) is 0 Å². The Hall–Kier alpha value is -1.67. The average Bonchev–Trinajstić information content (AvgIpc) is 2.78. The summed E-state index contributed by atoms with van der Waals surface area (Å²) in [6.45, 7) is 1.41. The van der Waals surface area contributed by atoms with Crippen LogP contribution in [0.3, 0.4) is 0 Å². The van der Waals surface area contributed by atoms with Crippen molar-refractivity contribution in [1.29, 1.82) is 0 Å². The van der Waals surface area contributed by atoms with Gasteiger partial charge in [-0.15, -0.1) is 11.3 Å². The number of aromatic nitrogens is 1. The second-order valence-electron chi connectivity index (χ2n) is 3.30. The van der Waals surface area contributed by atoms with Crippen LogP contribution >= 0.6 is 11.3 Å². The highest BCUT2D eigenvalue weighted by molar-refractivity contribution is 7.09. The van der Waals surface area contributed by atoms with Crippen molar-refractivity contribution >= 4 is 23.3 Å². The van der Waals surface area contributed by atoms with Crippen molar-refractivity contribution < 1.29 is 19.8 Å². The zero-order chi connectivity index (χ0) is 12.8. The topological polar surface area (TPSA) is 112 Å². The summed E-state index contributed by atoms with van der Waals surface area (Å²) in [5.74, 6) is -1.38. The van der Waals surface area contributed by atoms with Crippen molar-refractivity contribution in [2.45, 2.75) is 19.1 Å². The number of hydrogen-bond donors (Lipinski definition) is 4. The third kappa shape index (κ3) is 4.37. The third-order valence-corrected chi connectivity index (χ3v) is 2.87. The molecule has 0 fully saturated rings. The number of urea groups is 1. The number of carbonyl (C=O) groups excluding carboxylic acids is 1. The number of carboxylic acids is 1. The van der Waals surface area contributed by atoms with E-state index >= 15 is 0 Å². The Bertz CT molecular complexity index is 382. The van der Waals surface area contributed by atoms with Gasteiger partial charge in [0, 0.05) is 11.6 Å². The van der Waals surface area contributed by atoms with Gasteiger partial charge in [0.05, 0.1) is 12.6 Å². The van der Waals surface area contributed by atoms with Crippen LogP contribution in [0.1, 0.15) is 18.0 Å². The van der Waals surface area contributed by atoms with Gasteiger partial charge < -0.3 is 20.8 Å². The molecule has 1 aromatic rings. The molecule has 2 amide bonds. The van der Waals surface area contributed by atoms with E-state index in [0.29, 0.717) is 0 Å². The van der Waals surface area contributed by atoms with Gasteiger partial charge in [-0.3, -0.25) is 0 Å². The van der Waals surface area contributed by atoms with Gasteiger partial charge in [-0.05, 0) is 6.92 Å². The van der Waals surface area contributed by atoms with Crippen LogP contribution < -0.4 is 10.6 Å². The zero-order valence-electron chi connectivity index (χ0n) is 9.08. The molecule has 2 atom stereocenters. The molecule has 8 heteroatoms. The normalized spacial score (nSPS) is 13.8. The lowest BCUT2D eigenvalue weighted by atomic mass is 10.3. The number of thiazole rings is 1. The highest BCUT2D eigenvalue weighted by atomic mass is 32.1. The molecule has 0 radical (unpaired) electrons. The van der Waals surface area contributed by atoms with Crippen molar-refractivity contribution in [2.24, 2.45) is 0 Å². The number of rotatable bonds is 5. The summed E-state index contributed by atoms with van der Waals surface area (Å²) in [6.07, 6.45) is 0.0282. The SMILES string of the molecule is CC(NC(=O)NCC(O)C(=O)O)c1nccs1. The zero-order valence-corrected chi connectivity index (χ0v) is 9.90. The fourth-order valence-corrected chi connectivity index (χ4v) is 1.68. The highest BCUT2D eigenvalue weighted by Crippen LogP contribution is 2.13. The van der Waals surface area contributed by atoms with Gasteiger partial charge in [0.1, 0.15) is 5.01 Å². The smallest absolute Gasteiger partial charge is 0.334 e.